The van der Waals surface area contributed by atoms with E-state index in [-0.39, 0.29) is 17.1 Å². The van der Waals surface area contributed by atoms with Crippen LogP contribution in [0.5, 0.6) is 5.75 Å². The number of carbonyl (C=O) groups is 1. The number of halogens is 1. The molecule has 0 unspecified atom stereocenters. The third-order valence-corrected chi connectivity index (χ3v) is 4.77. The van der Waals surface area contributed by atoms with Gasteiger partial charge in [0.15, 0.2) is 11.5 Å². The Morgan fingerprint density at radius 2 is 1.93 bits per heavy atom. The topological polar surface area (TPSA) is 86.1 Å². The van der Waals surface area contributed by atoms with Crippen molar-refractivity contribution in [2.75, 3.05) is 5.32 Å². The van der Waals surface area contributed by atoms with Crippen molar-refractivity contribution in [2.45, 2.75) is 27.3 Å². The summed E-state index contributed by atoms with van der Waals surface area (Å²) in [5.41, 5.74) is 1.75. The van der Waals surface area contributed by atoms with Gasteiger partial charge in [-0.1, -0.05) is 15.9 Å². The zero-order chi connectivity index (χ0) is 20.3. The van der Waals surface area contributed by atoms with E-state index >= 15 is 0 Å². The third-order valence-electron chi connectivity index (χ3n) is 4.24. The Hall–Kier alpha value is -3.00. The van der Waals surface area contributed by atoms with Crippen LogP contribution in [0.15, 0.2) is 52.0 Å². The number of benzene rings is 1. The second kappa shape index (κ2) is 8.35. The van der Waals surface area contributed by atoms with E-state index in [4.69, 9.17) is 4.74 Å². The lowest BCUT2D eigenvalue weighted by Crippen LogP contribution is -2.29. The summed E-state index contributed by atoms with van der Waals surface area (Å²) >= 11 is 3.34. The number of nitrogens with one attached hydrogen (secondary N) is 1. The van der Waals surface area contributed by atoms with Crippen molar-refractivity contribution in [3.63, 3.8) is 0 Å². The highest BCUT2D eigenvalue weighted by Gasteiger charge is 2.20. The molecule has 0 aliphatic heterocycles. The number of nitrogens with zero attached hydrogens (tertiary/aromatic N) is 3. The van der Waals surface area contributed by atoms with Crippen molar-refractivity contribution >= 4 is 33.4 Å². The zero-order valence-corrected chi connectivity index (χ0v) is 17.3. The molecule has 2 heterocycles. The Balaban J connectivity index is 2.00. The summed E-state index contributed by atoms with van der Waals surface area (Å²) in [6.07, 6.45) is 3.26. The molecule has 7 nitrogen and oxygen atoms in total. The van der Waals surface area contributed by atoms with Gasteiger partial charge in [-0.3, -0.25) is 9.78 Å². The van der Waals surface area contributed by atoms with E-state index in [1.54, 1.807) is 43.6 Å². The van der Waals surface area contributed by atoms with Gasteiger partial charge in [-0.15, -0.1) is 0 Å². The maximum atomic E-state index is 12.8. The Morgan fingerprint density at radius 1 is 1.21 bits per heavy atom. The average Bonchev–Trinajstić information content (AvgIpc) is 2.67. The second-order valence-electron chi connectivity index (χ2n) is 6.10. The van der Waals surface area contributed by atoms with Gasteiger partial charge in [0, 0.05) is 17.2 Å². The molecule has 8 heteroatoms. The fraction of sp³-hybridized carbons (Fsp3) is 0.200. The fourth-order valence-electron chi connectivity index (χ4n) is 2.68. The molecule has 0 saturated carbocycles. The van der Waals surface area contributed by atoms with E-state index < -0.39 is 5.97 Å². The van der Waals surface area contributed by atoms with Gasteiger partial charge < -0.3 is 14.6 Å². The number of hydrogen-bond acceptors (Lipinski definition) is 6. The molecule has 0 radical (unpaired) electrons. The van der Waals surface area contributed by atoms with Crippen molar-refractivity contribution < 1.29 is 9.53 Å². The summed E-state index contributed by atoms with van der Waals surface area (Å²) in [5, 5.41) is 2.99. The van der Waals surface area contributed by atoms with E-state index in [0.717, 1.165) is 10.0 Å². The SMILES string of the molecule is CCn1c(C)c(C(=O)Oc2ccc(Br)cc2)nc(Nc2cnccc2C)c1=O. The maximum Gasteiger partial charge on any atom is 0.364 e. The minimum atomic E-state index is -0.631. The second-order valence-corrected chi connectivity index (χ2v) is 7.02. The van der Waals surface area contributed by atoms with Gasteiger partial charge in [-0.05, 0) is 56.7 Å². The molecule has 144 valence electrons. The molecular formula is C20H19BrN4O3. The van der Waals surface area contributed by atoms with Crippen LogP contribution in [-0.2, 0) is 6.54 Å². The Labute approximate surface area is 170 Å². The number of anilines is 2. The first-order valence-electron chi connectivity index (χ1n) is 8.67. The predicted octanol–water partition coefficient (Wildman–Crippen LogP) is 4.00. The monoisotopic (exact) mass is 442 g/mol. The van der Waals surface area contributed by atoms with Gasteiger partial charge in [-0.25, -0.2) is 9.78 Å². The van der Waals surface area contributed by atoms with Gasteiger partial charge in [0.1, 0.15) is 5.75 Å². The van der Waals surface area contributed by atoms with Crippen molar-refractivity contribution in [3.8, 4) is 5.75 Å². The summed E-state index contributed by atoms with van der Waals surface area (Å²) in [4.78, 5) is 33.8. The van der Waals surface area contributed by atoms with Gasteiger partial charge in [0.05, 0.1) is 17.6 Å². The van der Waals surface area contributed by atoms with Gasteiger partial charge in [0.25, 0.3) is 5.56 Å². The summed E-state index contributed by atoms with van der Waals surface area (Å²) < 4.78 is 7.79. The Kier molecular flexibility index (Phi) is 5.89. The van der Waals surface area contributed by atoms with Crippen LogP contribution in [0.25, 0.3) is 0 Å². The summed E-state index contributed by atoms with van der Waals surface area (Å²) in [7, 11) is 0. The van der Waals surface area contributed by atoms with Crippen LogP contribution in [-0.4, -0.2) is 20.5 Å². The lowest BCUT2D eigenvalue weighted by molar-refractivity contribution is 0.0726. The highest BCUT2D eigenvalue weighted by atomic mass is 79.9. The number of carbonyl (C=O) groups excluding carboxylic acids is 1. The first kappa shape index (κ1) is 19.8. The van der Waals surface area contributed by atoms with E-state index in [1.165, 1.54) is 4.57 Å². The predicted molar refractivity (Wildman–Crippen MR) is 110 cm³/mol. The summed E-state index contributed by atoms with van der Waals surface area (Å²) in [6.45, 7) is 5.79. The first-order chi connectivity index (χ1) is 13.4. The van der Waals surface area contributed by atoms with Gasteiger partial charge >= 0.3 is 5.97 Å². The third kappa shape index (κ3) is 4.12. The standard InChI is InChI=1S/C20H19BrN4O3/c1-4-25-13(3)17(20(27)28-15-7-5-14(21)6-8-15)24-18(19(25)26)23-16-11-22-10-9-12(16)2/h5-11H,4H2,1-3H3,(H,23,24). The van der Waals surface area contributed by atoms with Crippen molar-refractivity contribution in [2.24, 2.45) is 0 Å². The average molecular weight is 443 g/mol. The molecule has 1 aromatic carbocycles. The van der Waals surface area contributed by atoms with E-state index in [0.29, 0.717) is 23.7 Å². The number of hydrogen-bond donors (Lipinski definition) is 1. The first-order valence-corrected chi connectivity index (χ1v) is 9.46. The minimum absolute atomic E-state index is 0.0475. The molecule has 0 amide bonds. The number of pyridine rings is 1. The molecule has 0 saturated heterocycles. The smallest absolute Gasteiger partial charge is 0.364 e. The molecule has 0 aliphatic carbocycles. The number of esters is 1. The zero-order valence-electron chi connectivity index (χ0n) is 15.7. The highest BCUT2D eigenvalue weighted by Crippen LogP contribution is 2.20. The number of aryl methyl sites for hydroxylation is 1. The van der Waals surface area contributed by atoms with E-state index in [1.807, 2.05) is 19.9 Å². The normalized spacial score (nSPS) is 10.6. The Morgan fingerprint density at radius 3 is 2.57 bits per heavy atom. The number of ether oxygens (including phenoxy) is 1. The van der Waals surface area contributed by atoms with E-state index in [9.17, 15) is 9.59 Å². The molecule has 28 heavy (non-hydrogen) atoms. The molecule has 3 aromatic rings. The summed E-state index contributed by atoms with van der Waals surface area (Å²) in [5.74, 6) is -0.194. The van der Waals surface area contributed by atoms with Crippen LogP contribution >= 0.6 is 15.9 Å². The van der Waals surface area contributed by atoms with Crippen molar-refractivity contribution in [1.82, 2.24) is 14.5 Å². The van der Waals surface area contributed by atoms with Crippen molar-refractivity contribution in [1.29, 1.82) is 0 Å². The van der Waals surface area contributed by atoms with Crippen LogP contribution in [0.1, 0.15) is 28.7 Å². The van der Waals surface area contributed by atoms with Crippen LogP contribution in [0.2, 0.25) is 0 Å². The van der Waals surface area contributed by atoms with Gasteiger partial charge in [-0.2, -0.15) is 0 Å². The molecule has 1 N–H and O–H groups in total. The lowest BCUT2D eigenvalue weighted by atomic mass is 10.2. The van der Waals surface area contributed by atoms with Crippen molar-refractivity contribution in [3.05, 3.63) is 74.5 Å². The molecule has 0 aliphatic rings. The largest absolute Gasteiger partial charge is 0.422 e. The molecule has 3 rings (SSSR count). The van der Waals surface area contributed by atoms with Crippen LogP contribution in [0.3, 0.4) is 0 Å². The van der Waals surface area contributed by atoms with Crippen LogP contribution < -0.4 is 15.6 Å². The van der Waals surface area contributed by atoms with Crippen LogP contribution in [0.4, 0.5) is 11.5 Å². The molecule has 0 fully saturated rings. The number of aromatic nitrogens is 3. The maximum absolute atomic E-state index is 12.8. The lowest BCUT2D eigenvalue weighted by Gasteiger charge is -2.15. The molecule has 2 aromatic heterocycles. The van der Waals surface area contributed by atoms with Gasteiger partial charge in [0.2, 0.25) is 0 Å². The molecule has 0 atom stereocenters. The Bertz CT molecular complexity index is 1080. The fourth-order valence-corrected chi connectivity index (χ4v) is 2.95. The molecular weight excluding hydrogens is 424 g/mol. The molecule has 0 spiro atoms. The summed E-state index contributed by atoms with van der Waals surface area (Å²) in [6, 6.07) is 8.70. The minimum Gasteiger partial charge on any atom is -0.422 e. The number of rotatable bonds is 5. The van der Waals surface area contributed by atoms with E-state index in [2.05, 4.69) is 31.2 Å². The highest BCUT2D eigenvalue weighted by molar-refractivity contribution is 9.10. The van der Waals surface area contributed by atoms with Crippen LogP contribution in [0, 0.1) is 13.8 Å². The quantitative estimate of drug-likeness (QED) is 0.474. The molecule has 0 bridgehead atoms.